The zero-order valence-corrected chi connectivity index (χ0v) is 19.5. The molecule has 0 saturated heterocycles. The van der Waals surface area contributed by atoms with Gasteiger partial charge in [0.2, 0.25) is 0 Å². The van der Waals surface area contributed by atoms with Crippen LogP contribution in [0.2, 0.25) is 0 Å². The standard InChI is InChI=1S/C28H31N3O2/c1-20(2)22-12-10-21(11-13-22)19-31-26-8-5-4-7-25(26)30-27(31)9-6-18-29-28(32)23-14-16-24(33-3)17-15-23/h4-5,7-8,10-17,20H,6,9,18-19H2,1-3H3,(H,29,32). The van der Waals surface area contributed by atoms with Crippen LogP contribution >= 0.6 is 0 Å². The first-order valence-electron chi connectivity index (χ1n) is 11.5. The number of carbonyl (C=O) groups is 1. The molecule has 3 aromatic carbocycles. The van der Waals surface area contributed by atoms with E-state index in [4.69, 9.17) is 9.72 Å². The summed E-state index contributed by atoms with van der Waals surface area (Å²) in [5.74, 6) is 2.24. The molecule has 0 unspecified atom stereocenters. The quantitative estimate of drug-likeness (QED) is 0.345. The average molecular weight is 442 g/mol. The molecule has 0 saturated carbocycles. The van der Waals surface area contributed by atoms with E-state index < -0.39 is 0 Å². The minimum Gasteiger partial charge on any atom is -0.497 e. The second kappa shape index (κ2) is 10.3. The summed E-state index contributed by atoms with van der Waals surface area (Å²) in [4.78, 5) is 17.3. The lowest BCUT2D eigenvalue weighted by Crippen LogP contribution is -2.25. The van der Waals surface area contributed by atoms with E-state index in [2.05, 4.69) is 66.2 Å². The van der Waals surface area contributed by atoms with Crippen LogP contribution in [0, 0.1) is 0 Å². The lowest BCUT2D eigenvalue weighted by molar-refractivity contribution is 0.0953. The number of hydrogen-bond donors (Lipinski definition) is 1. The van der Waals surface area contributed by atoms with Gasteiger partial charge >= 0.3 is 0 Å². The number of rotatable bonds is 9. The first kappa shape index (κ1) is 22.6. The van der Waals surface area contributed by atoms with Gasteiger partial charge in [-0.15, -0.1) is 0 Å². The van der Waals surface area contributed by atoms with Crippen molar-refractivity contribution in [1.29, 1.82) is 0 Å². The number of amides is 1. The first-order chi connectivity index (χ1) is 16.0. The minimum atomic E-state index is -0.0728. The number of aryl methyl sites for hydroxylation is 1. The summed E-state index contributed by atoms with van der Waals surface area (Å²) in [6, 6.07) is 24.3. The molecule has 33 heavy (non-hydrogen) atoms. The maximum absolute atomic E-state index is 12.4. The predicted octanol–water partition coefficient (Wildman–Crippen LogP) is 5.58. The Morgan fingerprint density at radius 2 is 1.73 bits per heavy atom. The number of aromatic nitrogens is 2. The normalized spacial score (nSPS) is 11.2. The van der Waals surface area contributed by atoms with Crippen LogP contribution < -0.4 is 10.1 Å². The fraction of sp³-hybridized carbons (Fsp3) is 0.286. The van der Waals surface area contributed by atoms with E-state index in [-0.39, 0.29) is 5.91 Å². The molecule has 5 nitrogen and oxygen atoms in total. The highest BCUT2D eigenvalue weighted by Crippen LogP contribution is 2.21. The van der Waals surface area contributed by atoms with Crippen molar-refractivity contribution in [2.24, 2.45) is 0 Å². The van der Waals surface area contributed by atoms with Gasteiger partial charge in [-0.3, -0.25) is 4.79 Å². The lowest BCUT2D eigenvalue weighted by Gasteiger charge is -2.12. The van der Waals surface area contributed by atoms with Crippen LogP contribution in [-0.2, 0) is 13.0 Å². The molecule has 1 N–H and O–H groups in total. The molecule has 0 bridgehead atoms. The van der Waals surface area contributed by atoms with Crippen molar-refractivity contribution in [3.63, 3.8) is 0 Å². The number of hydrogen-bond acceptors (Lipinski definition) is 3. The summed E-state index contributed by atoms with van der Waals surface area (Å²) in [5.41, 5.74) is 5.39. The van der Waals surface area contributed by atoms with Gasteiger partial charge < -0.3 is 14.6 Å². The zero-order chi connectivity index (χ0) is 23.2. The van der Waals surface area contributed by atoms with E-state index in [0.29, 0.717) is 18.0 Å². The molecule has 5 heteroatoms. The number of benzene rings is 3. The molecule has 1 heterocycles. The molecule has 0 atom stereocenters. The first-order valence-corrected chi connectivity index (χ1v) is 11.5. The molecule has 0 aliphatic carbocycles. The average Bonchev–Trinajstić information content (AvgIpc) is 3.19. The number of imidazole rings is 1. The van der Waals surface area contributed by atoms with Crippen molar-refractivity contribution >= 4 is 16.9 Å². The van der Waals surface area contributed by atoms with E-state index in [1.54, 1.807) is 31.4 Å². The Morgan fingerprint density at radius 3 is 2.42 bits per heavy atom. The van der Waals surface area contributed by atoms with Gasteiger partial charge in [0.25, 0.3) is 5.91 Å². The third-order valence-corrected chi connectivity index (χ3v) is 5.94. The molecular weight excluding hydrogens is 410 g/mol. The van der Waals surface area contributed by atoms with Crippen molar-refractivity contribution in [2.45, 2.75) is 39.2 Å². The summed E-state index contributed by atoms with van der Waals surface area (Å²) in [5, 5.41) is 3.01. The largest absolute Gasteiger partial charge is 0.497 e. The fourth-order valence-electron chi connectivity index (χ4n) is 3.98. The molecule has 0 aliphatic heterocycles. The summed E-state index contributed by atoms with van der Waals surface area (Å²) >= 11 is 0. The number of methoxy groups -OCH3 is 1. The Kier molecular flexibility index (Phi) is 7.08. The van der Waals surface area contributed by atoms with Crippen LogP contribution in [0.3, 0.4) is 0 Å². The molecule has 1 aromatic heterocycles. The van der Waals surface area contributed by atoms with Crippen molar-refractivity contribution in [1.82, 2.24) is 14.9 Å². The third kappa shape index (κ3) is 5.43. The molecular formula is C28H31N3O2. The van der Waals surface area contributed by atoms with Gasteiger partial charge in [-0.25, -0.2) is 4.98 Å². The Bertz CT molecular complexity index is 1210. The van der Waals surface area contributed by atoms with Crippen molar-refractivity contribution in [3.05, 3.63) is 95.3 Å². The van der Waals surface area contributed by atoms with Gasteiger partial charge in [0, 0.05) is 25.1 Å². The monoisotopic (exact) mass is 441 g/mol. The van der Waals surface area contributed by atoms with E-state index >= 15 is 0 Å². The molecule has 170 valence electrons. The van der Waals surface area contributed by atoms with Gasteiger partial charge in [0.05, 0.1) is 18.1 Å². The Labute approximate surface area is 195 Å². The molecule has 1 amide bonds. The topological polar surface area (TPSA) is 56.1 Å². The van der Waals surface area contributed by atoms with Gasteiger partial charge in [-0.05, 0) is 59.9 Å². The fourth-order valence-corrected chi connectivity index (χ4v) is 3.98. The van der Waals surface area contributed by atoms with Crippen molar-refractivity contribution < 1.29 is 9.53 Å². The molecule has 0 aliphatic rings. The summed E-state index contributed by atoms with van der Waals surface area (Å²) in [6.07, 6.45) is 1.61. The highest BCUT2D eigenvalue weighted by atomic mass is 16.5. The van der Waals surface area contributed by atoms with E-state index in [1.165, 1.54) is 11.1 Å². The van der Waals surface area contributed by atoms with Crippen LogP contribution in [0.1, 0.15) is 53.5 Å². The van der Waals surface area contributed by atoms with Crippen molar-refractivity contribution in [3.8, 4) is 5.75 Å². The van der Waals surface area contributed by atoms with E-state index in [9.17, 15) is 4.79 Å². The predicted molar refractivity (Wildman–Crippen MR) is 133 cm³/mol. The Morgan fingerprint density at radius 1 is 1.00 bits per heavy atom. The van der Waals surface area contributed by atoms with Gasteiger partial charge in [0.15, 0.2) is 0 Å². The summed E-state index contributed by atoms with van der Waals surface area (Å²) in [7, 11) is 1.61. The van der Waals surface area contributed by atoms with Crippen LogP contribution in [0.15, 0.2) is 72.8 Å². The van der Waals surface area contributed by atoms with Crippen molar-refractivity contribution in [2.75, 3.05) is 13.7 Å². The Balaban J connectivity index is 1.42. The smallest absolute Gasteiger partial charge is 0.251 e. The number of para-hydroxylation sites is 2. The van der Waals surface area contributed by atoms with Gasteiger partial charge in [-0.2, -0.15) is 0 Å². The molecule has 0 spiro atoms. The lowest BCUT2D eigenvalue weighted by atomic mass is 10.0. The molecule has 4 rings (SSSR count). The number of nitrogens with zero attached hydrogens (tertiary/aromatic N) is 2. The van der Waals surface area contributed by atoms with E-state index in [1.807, 2.05) is 6.07 Å². The second-order valence-corrected chi connectivity index (χ2v) is 8.59. The summed E-state index contributed by atoms with van der Waals surface area (Å²) in [6.45, 7) is 5.80. The number of ether oxygens (including phenoxy) is 1. The zero-order valence-electron chi connectivity index (χ0n) is 19.5. The van der Waals surface area contributed by atoms with Gasteiger partial charge in [-0.1, -0.05) is 50.2 Å². The third-order valence-electron chi connectivity index (χ3n) is 5.94. The maximum atomic E-state index is 12.4. The number of carbonyl (C=O) groups excluding carboxylic acids is 1. The SMILES string of the molecule is COc1ccc(C(=O)NCCCc2nc3ccccc3n2Cc2ccc(C(C)C)cc2)cc1. The Hall–Kier alpha value is -3.60. The van der Waals surface area contributed by atoms with Crippen LogP contribution in [0.5, 0.6) is 5.75 Å². The highest BCUT2D eigenvalue weighted by Gasteiger charge is 2.12. The maximum Gasteiger partial charge on any atom is 0.251 e. The van der Waals surface area contributed by atoms with Crippen LogP contribution in [0.25, 0.3) is 11.0 Å². The summed E-state index contributed by atoms with van der Waals surface area (Å²) < 4.78 is 7.45. The minimum absolute atomic E-state index is 0.0728. The van der Waals surface area contributed by atoms with Gasteiger partial charge in [0.1, 0.15) is 11.6 Å². The highest BCUT2D eigenvalue weighted by molar-refractivity contribution is 5.94. The molecule has 0 fully saturated rings. The van der Waals surface area contributed by atoms with Crippen LogP contribution in [-0.4, -0.2) is 29.1 Å². The molecule has 4 aromatic rings. The molecule has 0 radical (unpaired) electrons. The second-order valence-electron chi connectivity index (χ2n) is 8.59. The number of nitrogens with one attached hydrogen (secondary N) is 1. The van der Waals surface area contributed by atoms with Crippen LogP contribution in [0.4, 0.5) is 0 Å². The number of fused-ring (bicyclic) bond motifs is 1. The van der Waals surface area contributed by atoms with E-state index in [0.717, 1.165) is 42.0 Å².